The molecule has 0 bridgehead atoms. The number of hydrogen-bond donors (Lipinski definition) is 0. The molecule has 0 spiro atoms. The first kappa shape index (κ1) is 17.9. The maximum atomic E-state index is 11.8. The van der Waals surface area contributed by atoms with E-state index in [1.165, 1.54) is 16.7 Å². The molecule has 0 saturated carbocycles. The van der Waals surface area contributed by atoms with Crippen LogP contribution in [0.25, 0.3) is 0 Å². The van der Waals surface area contributed by atoms with E-state index in [4.69, 9.17) is 0 Å². The van der Waals surface area contributed by atoms with Gasteiger partial charge in [-0.1, -0.05) is 60.6 Å². The molecule has 1 nitrogen and oxygen atoms in total. The first-order valence-electron chi connectivity index (χ1n) is 8.23. The van der Waals surface area contributed by atoms with Crippen molar-refractivity contribution in [2.24, 2.45) is 11.3 Å². The summed E-state index contributed by atoms with van der Waals surface area (Å²) in [4.78, 5) is 11.8. The predicted octanol–water partition coefficient (Wildman–Crippen LogP) is 5.72. The number of hydrogen-bond acceptors (Lipinski definition) is 1. The molecular formula is C20H32O. The molecule has 1 aliphatic carbocycles. The topological polar surface area (TPSA) is 17.1 Å². The molecule has 0 radical (unpaired) electrons. The highest BCUT2D eigenvalue weighted by Crippen LogP contribution is 2.51. The van der Waals surface area contributed by atoms with Gasteiger partial charge in [0.25, 0.3) is 0 Å². The molecule has 1 aromatic carbocycles. The van der Waals surface area contributed by atoms with Crippen LogP contribution < -0.4 is 0 Å². The lowest BCUT2D eigenvalue weighted by molar-refractivity contribution is 0.101. The summed E-state index contributed by atoms with van der Waals surface area (Å²) >= 11 is 0. The number of carbonyl (C=O) groups excluding carboxylic acids is 1. The number of carbonyl (C=O) groups is 1. The predicted molar refractivity (Wildman–Crippen MR) is 92.2 cm³/mol. The van der Waals surface area contributed by atoms with Gasteiger partial charge in [0.05, 0.1) is 0 Å². The van der Waals surface area contributed by atoms with E-state index in [1.807, 2.05) is 19.9 Å². The monoisotopic (exact) mass is 288 g/mol. The van der Waals surface area contributed by atoms with Crippen molar-refractivity contribution in [1.82, 2.24) is 0 Å². The lowest BCUT2D eigenvalue weighted by Crippen LogP contribution is -2.44. The third-order valence-electron chi connectivity index (χ3n) is 5.48. The summed E-state index contributed by atoms with van der Waals surface area (Å²) in [5.41, 5.74) is 5.34. The highest BCUT2D eigenvalue weighted by atomic mass is 16.1. The summed E-state index contributed by atoms with van der Waals surface area (Å²) in [6.45, 7) is 19.5. The van der Waals surface area contributed by atoms with E-state index in [0.717, 1.165) is 12.0 Å². The number of ketones is 1. The molecule has 0 saturated heterocycles. The minimum Gasteiger partial charge on any atom is -0.295 e. The zero-order valence-electron chi connectivity index (χ0n) is 15.3. The molecular weight excluding hydrogens is 256 g/mol. The fourth-order valence-electron chi connectivity index (χ4n) is 4.03. The van der Waals surface area contributed by atoms with E-state index in [0.29, 0.717) is 11.3 Å². The average molecular weight is 288 g/mol. The third kappa shape index (κ3) is 2.93. The molecule has 0 fully saturated rings. The molecule has 0 N–H and O–H groups in total. The smallest absolute Gasteiger partial charge is 0.160 e. The van der Waals surface area contributed by atoms with Crippen LogP contribution in [0.5, 0.6) is 0 Å². The van der Waals surface area contributed by atoms with Crippen molar-refractivity contribution in [2.45, 2.75) is 74.1 Å². The van der Waals surface area contributed by atoms with Crippen molar-refractivity contribution >= 4 is 5.78 Å². The van der Waals surface area contributed by atoms with Gasteiger partial charge in [0.1, 0.15) is 0 Å². The van der Waals surface area contributed by atoms with Gasteiger partial charge in [-0.05, 0) is 53.7 Å². The number of Topliss-reactive ketones (excluding diaryl/α,β-unsaturated/α-hetero) is 1. The van der Waals surface area contributed by atoms with E-state index < -0.39 is 0 Å². The van der Waals surface area contributed by atoms with E-state index in [-0.39, 0.29) is 11.2 Å². The van der Waals surface area contributed by atoms with Gasteiger partial charge in [0.15, 0.2) is 5.78 Å². The van der Waals surface area contributed by atoms with Crippen molar-refractivity contribution in [3.8, 4) is 0 Å². The molecule has 0 amide bonds. The molecule has 1 aromatic rings. The highest BCUT2D eigenvalue weighted by Gasteiger charge is 2.45. The Balaban J connectivity index is 0.00000106. The maximum absolute atomic E-state index is 11.8. The fraction of sp³-hybridized carbons (Fsp3) is 0.650. The molecule has 1 unspecified atom stereocenters. The molecule has 0 heterocycles. The summed E-state index contributed by atoms with van der Waals surface area (Å²) in [5, 5.41) is 0. The largest absolute Gasteiger partial charge is 0.295 e. The Bertz CT molecular complexity index is 535. The second kappa shape index (κ2) is 5.94. The first-order chi connectivity index (χ1) is 9.59. The lowest BCUT2D eigenvalue weighted by Gasteiger charge is -2.49. The van der Waals surface area contributed by atoms with Crippen LogP contribution in [-0.4, -0.2) is 5.78 Å². The van der Waals surface area contributed by atoms with Gasteiger partial charge >= 0.3 is 0 Å². The standard InChI is InChI=1S/C18H26O.C2H6/c1-11-15(12(2)19)9-8-14-10-17(4,5)13(3)18(6,7)16(11)14;1-2/h8-9,13H,10H2,1-7H3;1-2H3. The molecule has 0 aliphatic heterocycles. The van der Waals surface area contributed by atoms with Crippen molar-refractivity contribution in [3.05, 3.63) is 34.4 Å². The maximum Gasteiger partial charge on any atom is 0.160 e. The average Bonchev–Trinajstić information content (AvgIpc) is 2.37. The summed E-state index contributed by atoms with van der Waals surface area (Å²) in [6.07, 6.45) is 1.10. The zero-order valence-corrected chi connectivity index (χ0v) is 15.3. The van der Waals surface area contributed by atoms with E-state index in [1.54, 1.807) is 6.92 Å². The summed E-state index contributed by atoms with van der Waals surface area (Å²) in [5.74, 6) is 0.766. The minimum absolute atomic E-state index is 0.118. The Morgan fingerprint density at radius 1 is 1.14 bits per heavy atom. The lowest BCUT2D eigenvalue weighted by atomic mass is 9.55. The van der Waals surface area contributed by atoms with Crippen LogP contribution in [0.3, 0.4) is 0 Å². The van der Waals surface area contributed by atoms with Crippen LogP contribution in [-0.2, 0) is 11.8 Å². The Morgan fingerprint density at radius 2 is 1.67 bits per heavy atom. The molecule has 2 rings (SSSR count). The summed E-state index contributed by atoms with van der Waals surface area (Å²) in [6, 6.07) is 4.19. The Morgan fingerprint density at radius 3 is 2.14 bits per heavy atom. The molecule has 0 aromatic heterocycles. The van der Waals surface area contributed by atoms with Gasteiger partial charge in [-0.3, -0.25) is 4.79 Å². The van der Waals surface area contributed by atoms with Gasteiger partial charge < -0.3 is 0 Å². The fourth-order valence-corrected chi connectivity index (χ4v) is 4.03. The van der Waals surface area contributed by atoms with Gasteiger partial charge in [-0.25, -0.2) is 0 Å². The van der Waals surface area contributed by atoms with Crippen LogP contribution in [0.2, 0.25) is 0 Å². The highest BCUT2D eigenvalue weighted by molar-refractivity contribution is 5.96. The van der Waals surface area contributed by atoms with Crippen molar-refractivity contribution in [1.29, 1.82) is 0 Å². The Labute approximate surface area is 131 Å². The second-order valence-electron chi connectivity index (χ2n) is 7.44. The van der Waals surface area contributed by atoms with Crippen LogP contribution in [0.1, 0.15) is 82.4 Å². The first-order valence-corrected chi connectivity index (χ1v) is 8.23. The van der Waals surface area contributed by atoms with Crippen molar-refractivity contribution in [3.63, 3.8) is 0 Å². The zero-order chi connectivity index (χ0) is 16.6. The van der Waals surface area contributed by atoms with Gasteiger partial charge in [-0.15, -0.1) is 0 Å². The Hall–Kier alpha value is -1.11. The SMILES string of the molecule is CC.CC(=O)c1ccc2c(c1C)C(C)(C)C(C)C(C)(C)C2. The molecule has 1 heteroatoms. The van der Waals surface area contributed by atoms with Gasteiger partial charge in [-0.2, -0.15) is 0 Å². The number of benzene rings is 1. The Kier molecular flexibility index (Phi) is 5.08. The van der Waals surface area contributed by atoms with E-state index in [2.05, 4.69) is 47.6 Å². The number of fused-ring (bicyclic) bond motifs is 1. The number of rotatable bonds is 1. The van der Waals surface area contributed by atoms with Crippen LogP contribution >= 0.6 is 0 Å². The van der Waals surface area contributed by atoms with Crippen LogP contribution in [0, 0.1) is 18.3 Å². The van der Waals surface area contributed by atoms with Crippen molar-refractivity contribution < 1.29 is 4.79 Å². The third-order valence-corrected chi connectivity index (χ3v) is 5.48. The quantitative estimate of drug-likeness (QED) is 0.604. The molecule has 1 aliphatic rings. The molecule has 1 atom stereocenters. The summed E-state index contributed by atoms with van der Waals surface area (Å²) < 4.78 is 0. The van der Waals surface area contributed by atoms with Crippen LogP contribution in [0.4, 0.5) is 0 Å². The molecule has 118 valence electrons. The minimum atomic E-state index is 0.118. The van der Waals surface area contributed by atoms with Gasteiger partial charge in [0, 0.05) is 5.56 Å². The summed E-state index contributed by atoms with van der Waals surface area (Å²) in [7, 11) is 0. The van der Waals surface area contributed by atoms with Crippen molar-refractivity contribution in [2.75, 3.05) is 0 Å². The second-order valence-corrected chi connectivity index (χ2v) is 7.44. The normalized spacial score (nSPS) is 21.9. The van der Waals surface area contributed by atoms with E-state index in [9.17, 15) is 4.79 Å². The molecule has 21 heavy (non-hydrogen) atoms. The van der Waals surface area contributed by atoms with Gasteiger partial charge in [0.2, 0.25) is 0 Å². The van der Waals surface area contributed by atoms with Crippen LogP contribution in [0.15, 0.2) is 12.1 Å². The van der Waals surface area contributed by atoms with E-state index >= 15 is 0 Å².